The summed E-state index contributed by atoms with van der Waals surface area (Å²) in [7, 11) is 0. The quantitative estimate of drug-likeness (QED) is 0.661. The van der Waals surface area contributed by atoms with Crippen molar-refractivity contribution in [3.63, 3.8) is 0 Å². The largest absolute Gasteiger partial charge is 0.371 e. The minimum atomic E-state index is -0.176. The Kier molecular flexibility index (Phi) is 1.99. The van der Waals surface area contributed by atoms with Crippen molar-refractivity contribution < 1.29 is 9.47 Å². The molecule has 1 N–H and O–H groups in total. The standard InChI is InChI=1S/C12H21NO2/c1-10(2)6-12(9-14-10)13-7-11(8-15-12)4-3-5-11/h13H,3-9H2,1-2H3. The van der Waals surface area contributed by atoms with E-state index >= 15 is 0 Å². The number of ether oxygens (including phenoxy) is 2. The molecule has 3 aliphatic rings. The molecule has 0 aromatic carbocycles. The zero-order valence-corrected chi connectivity index (χ0v) is 9.77. The molecule has 3 rings (SSSR count). The lowest BCUT2D eigenvalue weighted by Gasteiger charge is -2.50. The van der Waals surface area contributed by atoms with Gasteiger partial charge >= 0.3 is 0 Å². The number of hydrogen-bond acceptors (Lipinski definition) is 3. The molecular weight excluding hydrogens is 190 g/mol. The van der Waals surface area contributed by atoms with E-state index in [-0.39, 0.29) is 11.3 Å². The van der Waals surface area contributed by atoms with Crippen molar-refractivity contribution in [2.75, 3.05) is 19.8 Å². The van der Waals surface area contributed by atoms with Gasteiger partial charge in [-0.25, -0.2) is 0 Å². The van der Waals surface area contributed by atoms with Crippen LogP contribution in [0.3, 0.4) is 0 Å². The first-order chi connectivity index (χ1) is 7.04. The molecule has 0 radical (unpaired) electrons. The Morgan fingerprint density at radius 3 is 2.27 bits per heavy atom. The van der Waals surface area contributed by atoms with Gasteiger partial charge in [0, 0.05) is 18.4 Å². The molecule has 3 fully saturated rings. The van der Waals surface area contributed by atoms with Gasteiger partial charge in [-0.2, -0.15) is 0 Å². The van der Waals surface area contributed by atoms with E-state index < -0.39 is 0 Å². The van der Waals surface area contributed by atoms with Gasteiger partial charge in [0.05, 0.1) is 18.8 Å². The van der Waals surface area contributed by atoms with Crippen LogP contribution >= 0.6 is 0 Å². The number of nitrogens with one attached hydrogen (secondary N) is 1. The second-order valence-corrected chi connectivity index (χ2v) is 6.22. The molecule has 0 aromatic heterocycles. The molecule has 1 atom stereocenters. The van der Waals surface area contributed by atoms with E-state index in [1.165, 1.54) is 19.3 Å². The van der Waals surface area contributed by atoms with Gasteiger partial charge in [0.15, 0.2) is 0 Å². The Labute approximate surface area is 91.5 Å². The highest BCUT2D eigenvalue weighted by atomic mass is 16.6. The first kappa shape index (κ1) is 10.1. The molecule has 0 aromatic rings. The van der Waals surface area contributed by atoms with Crippen molar-refractivity contribution in [3.8, 4) is 0 Å². The molecule has 2 heterocycles. The third-order valence-corrected chi connectivity index (χ3v) is 4.26. The van der Waals surface area contributed by atoms with Crippen LogP contribution in [0.25, 0.3) is 0 Å². The Hall–Kier alpha value is -0.120. The van der Waals surface area contributed by atoms with Crippen LogP contribution in [-0.2, 0) is 9.47 Å². The molecule has 2 spiro atoms. The highest BCUT2D eigenvalue weighted by molar-refractivity contribution is 5.01. The van der Waals surface area contributed by atoms with E-state index in [1.807, 2.05) is 0 Å². The lowest BCUT2D eigenvalue weighted by atomic mass is 9.68. The van der Waals surface area contributed by atoms with Crippen molar-refractivity contribution in [2.45, 2.75) is 50.9 Å². The Morgan fingerprint density at radius 1 is 1.07 bits per heavy atom. The van der Waals surface area contributed by atoms with Crippen LogP contribution in [0.4, 0.5) is 0 Å². The third kappa shape index (κ3) is 1.61. The van der Waals surface area contributed by atoms with Gasteiger partial charge < -0.3 is 9.47 Å². The molecule has 1 unspecified atom stereocenters. The van der Waals surface area contributed by atoms with Gasteiger partial charge in [0.25, 0.3) is 0 Å². The predicted molar refractivity (Wildman–Crippen MR) is 57.6 cm³/mol. The molecule has 2 aliphatic heterocycles. The van der Waals surface area contributed by atoms with Crippen LogP contribution < -0.4 is 5.32 Å². The Bertz CT molecular complexity index is 261. The van der Waals surface area contributed by atoms with Crippen molar-refractivity contribution in [2.24, 2.45) is 5.41 Å². The predicted octanol–water partition coefficient (Wildman–Crippen LogP) is 1.67. The SMILES string of the molecule is CC1(C)CC2(CO1)NCC1(CCC1)CO2. The highest BCUT2D eigenvalue weighted by Crippen LogP contribution is 2.46. The van der Waals surface area contributed by atoms with Gasteiger partial charge in [0.1, 0.15) is 5.72 Å². The summed E-state index contributed by atoms with van der Waals surface area (Å²) in [5.74, 6) is 0. The van der Waals surface area contributed by atoms with Crippen molar-refractivity contribution in [1.29, 1.82) is 0 Å². The zero-order chi connectivity index (χ0) is 10.6. The summed E-state index contributed by atoms with van der Waals surface area (Å²) in [6, 6.07) is 0. The first-order valence-electron chi connectivity index (χ1n) is 6.06. The van der Waals surface area contributed by atoms with Gasteiger partial charge in [-0.3, -0.25) is 5.32 Å². The van der Waals surface area contributed by atoms with Crippen LogP contribution in [0, 0.1) is 5.41 Å². The molecule has 1 saturated carbocycles. The number of hydrogen-bond donors (Lipinski definition) is 1. The van der Waals surface area contributed by atoms with E-state index in [4.69, 9.17) is 9.47 Å². The van der Waals surface area contributed by atoms with Crippen molar-refractivity contribution in [1.82, 2.24) is 5.32 Å². The monoisotopic (exact) mass is 211 g/mol. The zero-order valence-electron chi connectivity index (χ0n) is 9.77. The smallest absolute Gasteiger partial charge is 0.145 e. The van der Waals surface area contributed by atoms with Crippen LogP contribution in [0.15, 0.2) is 0 Å². The van der Waals surface area contributed by atoms with E-state index in [0.717, 1.165) is 19.6 Å². The molecule has 86 valence electrons. The van der Waals surface area contributed by atoms with Crippen molar-refractivity contribution in [3.05, 3.63) is 0 Å². The average Bonchev–Trinajstić information content (AvgIpc) is 2.41. The molecule has 15 heavy (non-hydrogen) atoms. The highest BCUT2D eigenvalue weighted by Gasteiger charge is 2.52. The van der Waals surface area contributed by atoms with Gasteiger partial charge in [0.2, 0.25) is 0 Å². The van der Waals surface area contributed by atoms with Crippen LogP contribution in [0.5, 0.6) is 0 Å². The van der Waals surface area contributed by atoms with E-state index in [1.54, 1.807) is 0 Å². The van der Waals surface area contributed by atoms with Gasteiger partial charge in [-0.1, -0.05) is 6.42 Å². The second kappa shape index (κ2) is 2.96. The fourth-order valence-electron chi connectivity index (χ4n) is 3.05. The second-order valence-electron chi connectivity index (χ2n) is 6.22. The molecule has 2 saturated heterocycles. The topological polar surface area (TPSA) is 30.5 Å². The van der Waals surface area contributed by atoms with Gasteiger partial charge in [-0.05, 0) is 26.7 Å². The van der Waals surface area contributed by atoms with Crippen LogP contribution in [0.2, 0.25) is 0 Å². The summed E-state index contributed by atoms with van der Waals surface area (Å²) < 4.78 is 11.8. The maximum Gasteiger partial charge on any atom is 0.145 e. The maximum atomic E-state index is 6.08. The molecule has 1 aliphatic carbocycles. The van der Waals surface area contributed by atoms with Crippen LogP contribution in [-0.4, -0.2) is 31.1 Å². The molecule has 3 heteroatoms. The Morgan fingerprint density at radius 2 is 1.87 bits per heavy atom. The minimum Gasteiger partial charge on any atom is -0.371 e. The van der Waals surface area contributed by atoms with Gasteiger partial charge in [-0.15, -0.1) is 0 Å². The Balaban J connectivity index is 1.66. The van der Waals surface area contributed by atoms with E-state index in [2.05, 4.69) is 19.2 Å². The van der Waals surface area contributed by atoms with Crippen LogP contribution in [0.1, 0.15) is 39.5 Å². The summed E-state index contributed by atoms with van der Waals surface area (Å²) in [4.78, 5) is 0. The fraction of sp³-hybridized carbons (Fsp3) is 1.00. The minimum absolute atomic E-state index is 0.0306. The molecule has 0 amide bonds. The lowest BCUT2D eigenvalue weighted by molar-refractivity contribution is -0.163. The molecule has 3 nitrogen and oxygen atoms in total. The molecule has 0 bridgehead atoms. The normalized spacial score (nSPS) is 42.0. The van der Waals surface area contributed by atoms with E-state index in [0.29, 0.717) is 12.0 Å². The first-order valence-corrected chi connectivity index (χ1v) is 6.06. The average molecular weight is 211 g/mol. The fourth-order valence-corrected chi connectivity index (χ4v) is 3.05. The van der Waals surface area contributed by atoms with Crippen molar-refractivity contribution >= 4 is 0 Å². The summed E-state index contributed by atoms with van der Waals surface area (Å²) in [6.45, 7) is 7.03. The summed E-state index contributed by atoms with van der Waals surface area (Å²) in [5, 5.41) is 3.60. The van der Waals surface area contributed by atoms with E-state index in [9.17, 15) is 0 Å². The molecular formula is C12H21NO2. The summed E-state index contributed by atoms with van der Waals surface area (Å²) in [6.07, 6.45) is 5.01. The number of rotatable bonds is 0. The third-order valence-electron chi connectivity index (χ3n) is 4.26. The lowest BCUT2D eigenvalue weighted by Crippen LogP contribution is -2.61. The summed E-state index contributed by atoms with van der Waals surface area (Å²) in [5.41, 5.74) is 0.263. The maximum absolute atomic E-state index is 6.08. The summed E-state index contributed by atoms with van der Waals surface area (Å²) >= 11 is 0.